The smallest absolute Gasteiger partial charge is 0.280 e. The topological polar surface area (TPSA) is 63.5 Å². The van der Waals surface area contributed by atoms with E-state index in [0.29, 0.717) is 22.4 Å². The number of fused-ring (bicyclic) bond motifs is 1. The maximum atomic E-state index is 13.4. The second kappa shape index (κ2) is 10.7. The van der Waals surface area contributed by atoms with Crippen molar-refractivity contribution in [2.24, 2.45) is 0 Å². The maximum Gasteiger partial charge on any atom is 0.280 e. The molecule has 0 unspecified atom stereocenters. The largest absolute Gasteiger partial charge is 0.379 e. The van der Waals surface area contributed by atoms with Gasteiger partial charge in [0, 0.05) is 38.4 Å². The van der Waals surface area contributed by atoms with Crippen molar-refractivity contribution in [1.29, 1.82) is 0 Å². The Kier molecular flexibility index (Phi) is 8.30. The molecule has 2 aromatic heterocycles. The normalized spacial score (nSPS) is 14.5. The van der Waals surface area contributed by atoms with E-state index in [9.17, 15) is 4.79 Å². The predicted octanol–water partition coefficient (Wildman–Crippen LogP) is 4.27. The minimum atomic E-state index is -0.123. The monoisotopic (exact) mass is 483 g/mol. The molecule has 7 nitrogen and oxygen atoms in total. The van der Waals surface area contributed by atoms with Crippen molar-refractivity contribution in [3.05, 3.63) is 40.7 Å². The summed E-state index contributed by atoms with van der Waals surface area (Å²) in [6.07, 6.45) is 0.850. The summed E-state index contributed by atoms with van der Waals surface area (Å²) in [6, 6.07) is 7.56. The molecule has 1 saturated heterocycles. The molecule has 0 atom stereocenters. The van der Waals surface area contributed by atoms with Crippen molar-refractivity contribution in [3.63, 3.8) is 0 Å². The second-order valence-electron chi connectivity index (χ2n) is 7.33. The van der Waals surface area contributed by atoms with E-state index < -0.39 is 0 Å². The number of halogens is 2. The number of carbonyl (C=O) groups is 1. The van der Waals surface area contributed by atoms with Crippen molar-refractivity contribution in [2.75, 3.05) is 44.3 Å². The van der Waals surface area contributed by atoms with Gasteiger partial charge < -0.3 is 4.74 Å². The summed E-state index contributed by atoms with van der Waals surface area (Å²) in [4.78, 5) is 22.2. The first kappa shape index (κ1) is 23.9. The number of nitrogens with zero attached hydrogens (tertiary/aromatic N) is 5. The lowest BCUT2D eigenvalue weighted by Gasteiger charge is -2.27. The Morgan fingerprint density at radius 1 is 1.32 bits per heavy atom. The zero-order valence-electron chi connectivity index (χ0n) is 17.7. The molecular weight excluding hydrogens is 457 g/mol. The average Bonchev–Trinajstić information content (AvgIpc) is 3.36. The molecule has 0 aliphatic carbocycles. The quantitative estimate of drug-likeness (QED) is 0.502. The molecule has 31 heavy (non-hydrogen) atoms. The van der Waals surface area contributed by atoms with Crippen LogP contribution in [-0.2, 0) is 11.3 Å². The van der Waals surface area contributed by atoms with Crippen LogP contribution in [0.25, 0.3) is 10.2 Å². The van der Waals surface area contributed by atoms with Gasteiger partial charge in [-0.3, -0.25) is 19.3 Å². The van der Waals surface area contributed by atoms with E-state index in [1.54, 1.807) is 4.90 Å². The number of morpholine rings is 1. The SMILES string of the molecule is CCn1nc(C(=O)N(CCCN2CCOCC2)c2nc3c(Cl)cccc3s2)cc1C.Cl. The van der Waals surface area contributed by atoms with Gasteiger partial charge in [-0.05, 0) is 38.5 Å². The first-order valence-corrected chi connectivity index (χ1v) is 11.5. The Morgan fingerprint density at radius 2 is 2.10 bits per heavy atom. The van der Waals surface area contributed by atoms with Crippen LogP contribution in [0.2, 0.25) is 5.02 Å². The molecule has 168 valence electrons. The van der Waals surface area contributed by atoms with Gasteiger partial charge >= 0.3 is 0 Å². The summed E-state index contributed by atoms with van der Waals surface area (Å²) in [5, 5.41) is 5.75. The Bertz CT molecular complexity index is 1030. The van der Waals surface area contributed by atoms with Gasteiger partial charge in [0.05, 0.1) is 22.9 Å². The highest BCUT2D eigenvalue weighted by Crippen LogP contribution is 2.33. The van der Waals surface area contributed by atoms with Gasteiger partial charge in [0.2, 0.25) is 0 Å². The van der Waals surface area contributed by atoms with Gasteiger partial charge in [-0.15, -0.1) is 12.4 Å². The lowest BCUT2D eigenvalue weighted by Crippen LogP contribution is -2.39. The lowest BCUT2D eigenvalue weighted by molar-refractivity contribution is 0.0376. The lowest BCUT2D eigenvalue weighted by atomic mass is 10.3. The van der Waals surface area contributed by atoms with Crippen LogP contribution in [-0.4, -0.2) is 65.0 Å². The van der Waals surface area contributed by atoms with Gasteiger partial charge in [0.25, 0.3) is 5.91 Å². The molecule has 1 aliphatic heterocycles. The fourth-order valence-corrected chi connectivity index (χ4v) is 4.94. The first-order chi connectivity index (χ1) is 14.6. The zero-order valence-corrected chi connectivity index (χ0v) is 20.1. The van der Waals surface area contributed by atoms with E-state index in [0.717, 1.165) is 61.7 Å². The summed E-state index contributed by atoms with van der Waals surface area (Å²) < 4.78 is 8.24. The van der Waals surface area contributed by atoms with E-state index in [1.807, 2.05) is 42.8 Å². The first-order valence-electron chi connectivity index (χ1n) is 10.3. The van der Waals surface area contributed by atoms with Crippen molar-refractivity contribution in [1.82, 2.24) is 19.7 Å². The summed E-state index contributed by atoms with van der Waals surface area (Å²) in [7, 11) is 0. The van der Waals surface area contributed by atoms with Crippen LogP contribution in [0.1, 0.15) is 29.5 Å². The Balaban J connectivity index is 0.00000272. The number of ether oxygens (including phenoxy) is 1. The highest BCUT2D eigenvalue weighted by Gasteiger charge is 2.24. The van der Waals surface area contributed by atoms with Gasteiger partial charge in [0.15, 0.2) is 10.8 Å². The number of para-hydroxylation sites is 1. The van der Waals surface area contributed by atoms with Crippen molar-refractivity contribution < 1.29 is 9.53 Å². The van der Waals surface area contributed by atoms with Crippen LogP contribution in [0, 0.1) is 6.92 Å². The fraction of sp³-hybridized carbons (Fsp3) is 0.476. The molecule has 4 rings (SSSR count). The van der Waals surface area contributed by atoms with E-state index in [1.165, 1.54) is 11.3 Å². The number of aryl methyl sites for hydroxylation is 2. The number of hydrogen-bond donors (Lipinski definition) is 0. The summed E-state index contributed by atoms with van der Waals surface area (Å²) in [5.74, 6) is -0.123. The van der Waals surface area contributed by atoms with Crippen LogP contribution in [0.15, 0.2) is 24.3 Å². The third-order valence-corrected chi connectivity index (χ3v) is 6.64. The van der Waals surface area contributed by atoms with Gasteiger partial charge in [0.1, 0.15) is 5.52 Å². The number of benzene rings is 1. The number of rotatable bonds is 7. The van der Waals surface area contributed by atoms with Crippen LogP contribution in [0.4, 0.5) is 5.13 Å². The molecule has 10 heteroatoms. The highest BCUT2D eigenvalue weighted by molar-refractivity contribution is 7.22. The molecular formula is C21H27Cl2N5O2S. The molecule has 0 N–H and O–H groups in total. The molecule has 0 radical (unpaired) electrons. The van der Waals surface area contributed by atoms with Crippen LogP contribution in [0.5, 0.6) is 0 Å². The molecule has 1 fully saturated rings. The number of hydrogen-bond acceptors (Lipinski definition) is 6. The molecule has 0 spiro atoms. The van der Waals surface area contributed by atoms with Crippen molar-refractivity contribution >= 4 is 56.6 Å². The van der Waals surface area contributed by atoms with Crippen LogP contribution >= 0.6 is 35.3 Å². The van der Waals surface area contributed by atoms with Gasteiger partial charge in [-0.1, -0.05) is 29.0 Å². The number of anilines is 1. The van der Waals surface area contributed by atoms with E-state index in [2.05, 4.69) is 10.00 Å². The molecule has 1 amide bonds. The molecule has 0 bridgehead atoms. The predicted molar refractivity (Wildman–Crippen MR) is 128 cm³/mol. The average molecular weight is 484 g/mol. The maximum absolute atomic E-state index is 13.4. The Morgan fingerprint density at radius 3 is 2.77 bits per heavy atom. The van der Waals surface area contributed by atoms with Gasteiger partial charge in [-0.25, -0.2) is 4.98 Å². The van der Waals surface area contributed by atoms with Gasteiger partial charge in [-0.2, -0.15) is 5.10 Å². The molecule has 3 aromatic rings. The number of amides is 1. The molecule has 1 aromatic carbocycles. The Labute approximate surface area is 197 Å². The highest BCUT2D eigenvalue weighted by atomic mass is 35.5. The van der Waals surface area contributed by atoms with Crippen LogP contribution < -0.4 is 4.90 Å². The number of carbonyl (C=O) groups excluding carboxylic acids is 1. The summed E-state index contributed by atoms with van der Waals surface area (Å²) in [5.41, 5.74) is 2.16. The molecule has 3 heterocycles. The van der Waals surface area contributed by atoms with Crippen LogP contribution in [0.3, 0.4) is 0 Å². The Hall–Kier alpha value is -1.71. The summed E-state index contributed by atoms with van der Waals surface area (Å²) in [6.45, 7) is 9.62. The number of aromatic nitrogens is 3. The van der Waals surface area contributed by atoms with E-state index >= 15 is 0 Å². The molecule has 0 saturated carbocycles. The third kappa shape index (κ3) is 5.38. The summed E-state index contributed by atoms with van der Waals surface area (Å²) >= 11 is 7.81. The minimum Gasteiger partial charge on any atom is -0.379 e. The molecule has 1 aliphatic rings. The second-order valence-corrected chi connectivity index (χ2v) is 8.75. The fourth-order valence-electron chi connectivity index (χ4n) is 3.65. The number of thiazole rings is 1. The van der Waals surface area contributed by atoms with Crippen molar-refractivity contribution in [3.8, 4) is 0 Å². The van der Waals surface area contributed by atoms with Crippen molar-refractivity contribution in [2.45, 2.75) is 26.8 Å². The zero-order chi connectivity index (χ0) is 21.1. The minimum absolute atomic E-state index is 0. The standard InChI is InChI=1S/C21H26ClN5O2S.ClH/c1-3-27-15(2)14-17(24-27)20(28)26(9-5-8-25-10-12-29-13-11-25)21-23-19-16(22)6-4-7-18(19)30-21;/h4,6-7,14H,3,5,8-13H2,1-2H3;1H. The van der Waals surface area contributed by atoms with E-state index in [-0.39, 0.29) is 18.3 Å². The third-order valence-electron chi connectivity index (χ3n) is 5.29. The van der Waals surface area contributed by atoms with E-state index in [4.69, 9.17) is 21.3 Å².